The lowest BCUT2D eigenvalue weighted by atomic mass is 10.1. The first-order chi connectivity index (χ1) is 10.2. The van der Waals surface area contributed by atoms with Crippen LogP contribution in [0, 0.1) is 13.8 Å². The topological polar surface area (TPSA) is 27.8 Å². The Balaban J connectivity index is 1.56. The Kier molecular flexibility index (Phi) is 4.07. The summed E-state index contributed by atoms with van der Waals surface area (Å²) >= 11 is 0. The molecule has 0 saturated heterocycles. The molecule has 0 aliphatic carbocycles. The second-order valence-corrected chi connectivity index (χ2v) is 5.78. The van der Waals surface area contributed by atoms with Gasteiger partial charge in [0.1, 0.15) is 0 Å². The van der Waals surface area contributed by atoms with Crippen molar-refractivity contribution in [3.05, 3.63) is 70.9 Å². The van der Waals surface area contributed by atoms with Crippen molar-refractivity contribution in [2.24, 2.45) is 0 Å². The van der Waals surface area contributed by atoms with Crippen molar-refractivity contribution < 1.29 is 0 Å². The Hall–Kier alpha value is -2.06. The van der Waals surface area contributed by atoms with Gasteiger partial charge in [-0.1, -0.05) is 47.5 Å². The monoisotopic (exact) mass is 278 g/mol. The molecule has 0 amide bonds. The molecule has 0 saturated carbocycles. The Morgan fingerprint density at radius 1 is 1.00 bits per heavy atom. The maximum Gasteiger partial charge on any atom is 0.0456 e. The van der Waals surface area contributed by atoms with Gasteiger partial charge in [0.2, 0.25) is 0 Å². The van der Waals surface area contributed by atoms with Gasteiger partial charge in [-0.05, 0) is 44.0 Å². The molecule has 0 bridgehead atoms. The van der Waals surface area contributed by atoms with Crippen LogP contribution in [0.15, 0.2) is 48.7 Å². The molecule has 0 aliphatic rings. The molecule has 2 N–H and O–H groups in total. The van der Waals surface area contributed by atoms with E-state index in [0.717, 1.165) is 19.5 Å². The van der Waals surface area contributed by atoms with Crippen molar-refractivity contribution in [3.63, 3.8) is 0 Å². The van der Waals surface area contributed by atoms with Crippen LogP contribution in [0.2, 0.25) is 0 Å². The maximum atomic E-state index is 3.55. The molecule has 2 aromatic carbocycles. The van der Waals surface area contributed by atoms with Crippen molar-refractivity contribution in [3.8, 4) is 0 Å². The maximum absolute atomic E-state index is 3.55. The van der Waals surface area contributed by atoms with Crippen molar-refractivity contribution in [2.75, 3.05) is 6.54 Å². The number of rotatable bonds is 5. The summed E-state index contributed by atoms with van der Waals surface area (Å²) in [6.45, 7) is 6.24. The molecule has 108 valence electrons. The summed E-state index contributed by atoms with van der Waals surface area (Å²) in [6, 6.07) is 15.2. The second-order valence-electron chi connectivity index (χ2n) is 5.78. The third-order valence-electron chi connectivity index (χ3n) is 3.86. The molecular formula is C19H22N2. The number of fused-ring (bicyclic) bond motifs is 1. The summed E-state index contributed by atoms with van der Waals surface area (Å²) in [6.07, 6.45) is 3.18. The van der Waals surface area contributed by atoms with E-state index >= 15 is 0 Å². The fraction of sp³-hybridized carbons (Fsp3) is 0.263. The predicted molar refractivity (Wildman–Crippen MR) is 89.6 cm³/mol. The molecule has 2 nitrogen and oxygen atoms in total. The minimum absolute atomic E-state index is 0.935. The molecule has 2 heteroatoms. The Morgan fingerprint density at radius 3 is 2.57 bits per heavy atom. The highest BCUT2D eigenvalue weighted by atomic mass is 14.8. The van der Waals surface area contributed by atoms with Crippen LogP contribution in [0.25, 0.3) is 10.9 Å². The van der Waals surface area contributed by atoms with Gasteiger partial charge in [-0.3, -0.25) is 0 Å². The molecular weight excluding hydrogens is 256 g/mol. The summed E-state index contributed by atoms with van der Waals surface area (Å²) in [4.78, 5) is 3.33. The number of benzene rings is 2. The van der Waals surface area contributed by atoms with Crippen LogP contribution in [0.3, 0.4) is 0 Å². The number of aromatic nitrogens is 1. The molecule has 1 aromatic heterocycles. The van der Waals surface area contributed by atoms with E-state index < -0.39 is 0 Å². The van der Waals surface area contributed by atoms with E-state index in [1.165, 1.54) is 33.2 Å². The molecule has 3 rings (SSSR count). The van der Waals surface area contributed by atoms with Gasteiger partial charge in [0.05, 0.1) is 0 Å². The zero-order valence-corrected chi connectivity index (χ0v) is 12.7. The number of para-hydroxylation sites is 1. The minimum Gasteiger partial charge on any atom is -0.361 e. The van der Waals surface area contributed by atoms with Crippen LogP contribution in [-0.4, -0.2) is 11.5 Å². The third-order valence-corrected chi connectivity index (χ3v) is 3.86. The summed E-state index contributed by atoms with van der Waals surface area (Å²) in [5.41, 5.74) is 6.65. The van der Waals surface area contributed by atoms with Gasteiger partial charge in [-0.2, -0.15) is 0 Å². The van der Waals surface area contributed by atoms with Gasteiger partial charge in [0.15, 0.2) is 0 Å². The predicted octanol–water partition coefficient (Wildman–Crippen LogP) is 4.12. The summed E-state index contributed by atoms with van der Waals surface area (Å²) in [5.74, 6) is 0. The highest BCUT2D eigenvalue weighted by Crippen LogP contribution is 2.17. The van der Waals surface area contributed by atoms with Gasteiger partial charge < -0.3 is 10.3 Å². The fourth-order valence-corrected chi connectivity index (χ4v) is 2.97. The van der Waals surface area contributed by atoms with Gasteiger partial charge in [0.25, 0.3) is 0 Å². The lowest BCUT2D eigenvalue weighted by molar-refractivity contribution is 0.688. The van der Waals surface area contributed by atoms with Crippen LogP contribution in [0.1, 0.15) is 22.3 Å². The summed E-state index contributed by atoms with van der Waals surface area (Å²) in [5, 5.41) is 4.88. The van der Waals surface area contributed by atoms with Crippen molar-refractivity contribution in [2.45, 2.75) is 26.8 Å². The highest BCUT2D eigenvalue weighted by molar-refractivity contribution is 5.83. The first-order valence-corrected chi connectivity index (χ1v) is 7.55. The van der Waals surface area contributed by atoms with Gasteiger partial charge >= 0.3 is 0 Å². The molecule has 0 fully saturated rings. The quantitative estimate of drug-likeness (QED) is 0.675. The molecule has 21 heavy (non-hydrogen) atoms. The number of hydrogen-bond donors (Lipinski definition) is 2. The van der Waals surface area contributed by atoms with Crippen LogP contribution in [0.4, 0.5) is 0 Å². The van der Waals surface area contributed by atoms with Gasteiger partial charge in [0, 0.05) is 23.6 Å². The third kappa shape index (κ3) is 3.34. The van der Waals surface area contributed by atoms with E-state index in [-0.39, 0.29) is 0 Å². The molecule has 3 aromatic rings. The Morgan fingerprint density at radius 2 is 1.76 bits per heavy atom. The molecule has 0 atom stereocenters. The lowest BCUT2D eigenvalue weighted by Gasteiger charge is -2.07. The second kappa shape index (κ2) is 6.15. The number of aromatic amines is 1. The molecule has 0 aliphatic heterocycles. The van der Waals surface area contributed by atoms with Crippen LogP contribution in [-0.2, 0) is 13.0 Å². The standard InChI is InChI=1S/C19H22N2/c1-14-9-15(2)11-16(10-14)12-20-8-7-17-13-21-19-6-4-3-5-18(17)19/h3-6,9-11,13,20-21H,7-8,12H2,1-2H3. The van der Waals surface area contributed by atoms with E-state index in [1.807, 2.05) is 0 Å². The van der Waals surface area contributed by atoms with E-state index in [4.69, 9.17) is 0 Å². The van der Waals surface area contributed by atoms with E-state index in [9.17, 15) is 0 Å². The van der Waals surface area contributed by atoms with Crippen LogP contribution >= 0.6 is 0 Å². The SMILES string of the molecule is Cc1cc(C)cc(CNCCc2c[nH]c3ccccc23)c1. The average Bonchev–Trinajstić information content (AvgIpc) is 2.86. The largest absolute Gasteiger partial charge is 0.361 e. The highest BCUT2D eigenvalue weighted by Gasteiger charge is 2.02. The number of H-pyrrole nitrogens is 1. The fourth-order valence-electron chi connectivity index (χ4n) is 2.97. The smallest absolute Gasteiger partial charge is 0.0456 e. The normalized spacial score (nSPS) is 11.1. The van der Waals surface area contributed by atoms with Gasteiger partial charge in [-0.25, -0.2) is 0 Å². The van der Waals surface area contributed by atoms with Crippen molar-refractivity contribution in [1.29, 1.82) is 0 Å². The zero-order valence-electron chi connectivity index (χ0n) is 12.7. The first kappa shape index (κ1) is 13.9. The Bertz CT molecular complexity index is 720. The number of nitrogens with one attached hydrogen (secondary N) is 2. The van der Waals surface area contributed by atoms with Crippen LogP contribution in [0.5, 0.6) is 0 Å². The van der Waals surface area contributed by atoms with Crippen molar-refractivity contribution in [1.82, 2.24) is 10.3 Å². The van der Waals surface area contributed by atoms with Crippen LogP contribution < -0.4 is 5.32 Å². The molecule has 0 unspecified atom stereocenters. The summed E-state index contributed by atoms with van der Waals surface area (Å²) in [7, 11) is 0. The summed E-state index contributed by atoms with van der Waals surface area (Å²) < 4.78 is 0. The van der Waals surface area contributed by atoms with E-state index in [2.05, 4.69) is 72.8 Å². The van der Waals surface area contributed by atoms with E-state index in [0.29, 0.717) is 0 Å². The number of aryl methyl sites for hydroxylation is 2. The Labute approximate surface area is 126 Å². The molecule has 1 heterocycles. The minimum atomic E-state index is 0.935. The number of hydrogen-bond acceptors (Lipinski definition) is 1. The van der Waals surface area contributed by atoms with Crippen molar-refractivity contribution >= 4 is 10.9 Å². The van der Waals surface area contributed by atoms with E-state index in [1.54, 1.807) is 0 Å². The average molecular weight is 278 g/mol. The first-order valence-electron chi connectivity index (χ1n) is 7.55. The molecule has 0 radical (unpaired) electrons. The zero-order chi connectivity index (χ0) is 14.7. The van der Waals surface area contributed by atoms with Gasteiger partial charge in [-0.15, -0.1) is 0 Å². The lowest BCUT2D eigenvalue weighted by Crippen LogP contribution is -2.16. The molecule has 0 spiro atoms.